The smallest absolute Gasteiger partial charge is 0.255 e. The molecule has 0 bridgehead atoms. The first kappa shape index (κ1) is 26.8. The van der Waals surface area contributed by atoms with E-state index in [4.69, 9.17) is 4.74 Å². The lowest BCUT2D eigenvalue weighted by molar-refractivity contribution is 0.102. The molecule has 198 valence electrons. The third kappa shape index (κ3) is 5.25. The summed E-state index contributed by atoms with van der Waals surface area (Å²) in [6, 6.07) is 12.7. The van der Waals surface area contributed by atoms with Gasteiger partial charge in [0.05, 0.1) is 29.2 Å². The van der Waals surface area contributed by atoms with Crippen LogP contribution in [0.4, 0.5) is 27.6 Å². The molecule has 0 saturated carbocycles. The Hall–Kier alpha value is -4.21. The third-order valence-corrected chi connectivity index (χ3v) is 6.16. The normalized spacial score (nSPS) is 11.1. The van der Waals surface area contributed by atoms with Crippen LogP contribution < -0.4 is 10.1 Å². The van der Waals surface area contributed by atoms with E-state index < -0.39 is 47.1 Å². The number of nitrogens with one attached hydrogen (secondary N) is 1. The summed E-state index contributed by atoms with van der Waals surface area (Å²) in [5, 5.41) is 6.84. The van der Waals surface area contributed by atoms with Crippen molar-refractivity contribution in [2.75, 3.05) is 5.32 Å². The van der Waals surface area contributed by atoms with Gasteiger partial charge in [-0.1, -0.05) is 24.3 Å². The van der Waals surface area contributed by atoms with Gasteiger partial charge in [0.15, 0.2) is 23.3 Å². The van der Waals surface area contributed by atoms with Gasteiger partial charge in [0.1, 0.15) is 12.4 Å². The molecule has 0 aliphatic carbocycles. The van der Waals surface area contributed by atoms with Crippen molar-refractivity contribution in [3.63, 3.8) is 0 Å². The van der Waals surface area contributed by atoms with Crippen LogP contribution >= 0.6 is 0 Å². The molecule has 0 spiro atoms. The van der Waals surface area contributed by atoms with E-state index in [1.165, 1.54) is 6.92 Å². The molecule has 0 atom stereocenters. The van der Waals surface area contributed by atoms with Crippen LogP contribution in [0.2, 0.25) is 0 Å². The molecule has 0 aliphatic rings. The topological polar surface area (TPSA) is 56.1 Å². The monoisotopic (exact) mass is 529 g/mol. The van der Waals surface area contributed by atoms with Crippen molar-refractivity contribution in [2.45, 2.75) is 40.8 Å². The zero-order valence-electron chi connectivity index (χ0n) is 21.1. The minimum atomic E-state index is -2.23. The number of ether oxygens (including phenoxy) is 1. The molecule has 1 heterocycles. The standard InChI is InChI=1S/C28H24F5N3O2/c1-14-8-9-15(2)21(10-14)38-13-18-6-5-7-19(11-18)28(37)34-27-16(3)35-36(17(27)4)12-20-22(29)24(31)26(33)25(32)23(20)30/h5-11H,12-13H2,1-4H3,(H,34,37). The van der Waals surface area contributed by atoms with Crippen LogP contribution in [0.5, 0.6) is 5.75 Å². The number of amides is 1. The number of aromatic nitrogens is 2. The predicted octanol–water partition coefficient (Wildman–Crippen LogP) is 6.69. The third-order valence-electron chi connectivity index (χ3n) is 6.16. The Labute approximate surface area is 215 Å². The second-order valence-electron chi connectivity index (χ2n) is 8.96. The van der Waals surface area contributed by atoms with Gasteiger partial charge in [-0.15, -0.1) is 0 Å². The molecule has 38 heavy (non-hydrogen) atoms. The van der Waals surface area contributed by atoms with Crippen molar-refractivity contribution >= 4 is 11.6 Å². The van der Waals surface area contributed by atoms with Crippen LogP contribution in [0, 0.1) is 56.8 Å². The lowest BCUT2D eigenvalue weighted by Gasteiger charge is -2.12. The average molecular weight is 530 g/mol. The van der Waals surface area contributed by atoms with Crippen molar-refractivity contribution in [3.05, 3.63) is 111 Å². The van der Waals surface area contributed by atoms with Gasteiger partial charge < -0.3 is 10.1 Å². The fourth-order valence-electron chi connectivity index (χ4n) is 3.98. The molecule has 10 heteroatoms. The molecular weight excluding hydrogens is 505 g/mol. The molecule has 1 N–H and O–H groups in total. The average Bonchev–Trinajstić information content (AvgIpc) is 3.16. The highest BCUT2D eigenvalue weighted by molar-refractivity contribution is 6.05. The first-order chi connectivity index (χ1) is 18.0. The first-order valence-electron chi connectivity index (χ1n) is 11.6. The number of aryl methyl sites for hydroxylation is 3. The van der Waals surface area contributed by atoms with Crippen molar-refractivity contribution < 1.29 is 31.5 Å². The molecule has 0 radical (unpaired) electrons. The number of halogens is 5. The van der Waals surface area contributed by atoms with E-state index in [1.807, 2.05) is 38.1 Å². The molecule has 0 saturated heterocycles. The van der Waals surface area contributed by atoms with Gasteiger partial charge in [-0.25, -0.2) is 22.0 Å². The van der Waals surface area contributed by atoms with E-state index >= 15 is 0 Å². The molecule has 5 nitrogen and oxygen atoms in total. The number of benzene rings is 3. The minimum Gasteiger partial charge on any atom is -0.489 e. The van der Waals surface area contributed by atoms with Crippen molar-refractivity contribution in [3.8, 4) is 5.75 Å². The van der Waals surface area contributed by atoms with Crippen LogP contribution in [-0.2, 0) is 13.2 Å². The summed E-state index contributed by atoms with van der Waals surface area (Å²) in [7, 11) is 0. The summed E-state index contributed by atoms with van der Waals surface area (Å²) in [6.45, 7) is 6.48. The van der Waals surface area contributed by atoms with Crippen molar-refractivity contribution in [1.29, 1.82) is 0 Å². The summed E-state index contributed by atoms with van der Waals surface area (Å²) in [5.74, 6) is -9.88. The van der Waals surface area contributed by atoms with E-state index in [1.54, 1.807) is 25.1 Å². The van der Waals surface area contributed by atoms with Crippen LogP contribution in [0.1, 0.15) is 44.0 Å². The van der Waals surface area contributed by atoms with Crippen LogP contribution in [-0.4, -0.2) is 15.7 Å². The summed E-state index contributed by atoms with van der Waals surface area (Å²) < 4.78 is 75.9. The molecule has 4 rings (SSSR count). The Morgan fingerprint density at radius 1 is 0.895 bits per heavy atom. The molecule has 0 fully saturated rings. The zero-order valence-corrected chi connectivity index (χ0v) is 21.1. The zero-order chi connectivity index (χ0) is 27.7. The number of carbonyl (C=O) groups excluding carboxylic acids is 1. The number of anilines is 1. The minimum absolute atomic E-state index is 0.239. The summed E-state index contributed by atoms with van der Waals surface area (Å²) in [6.07, 6.45) is 0. The SMILES string of the molecule is Cc1ccc(C)c(OCc2cccc(C(=O)Nc3c(C)nn(Cc4c(F)c(F)c(F)c(F)c4F)c3C)c2)c1. The van der Waals surface area contributed by atoms with E-state index in [9.17, 15) is 26.7 Å². The molecule has 4 aromatic rings. The highest BCUT2D eigenvalue weighted by Gasteiger charge is 2.27. The van der Waals surface area contributed by atoms with Gasteiger partial charge >= 0.3 is 0 Å². The van der Waals surface area contributed by atoms with Gasteiger partial charge in [0.2, 0.25) is 5.82 Å². The Bertz CT molecular complexity index is 1520. The quantitative estimate of drug-likeness (QED) is 0.165. The van der Waals surface area contributed by atoms with Crippen LogP contribution in [0.3, 0.4) is 0 Å². The highest BCUT2D eigenvalue weighted by atomic mass is 19.2. The van der Waals surface area contributed by atoms with Crippen molar-refractivity contribution in [1.82, 2.24) is 9.78 Å². The van der Waals surface area contributed by atoms with Crippen LogP contribution in [0.25, 0.3) is 0 Å². The van der Waals surface area contributed by atoms with E-state index in [0.29, 0.717) is 11.3 Å². The van der Waals surface area contributed by atoms with Gasteiger partial charge in [-0.3, -0.25) is 9.48 Å². The lowest BCUT2D eigenvalue weighted by Crippen LogP contribution is -2.15. The predicted molar refractivity (Wildman–Crippen MR) is 132 cm³/mol. The second-order valence-corrected chi connectivity index (χ2v) is 8.96. The van der Waals surface area contributed by atoms with E-state index in [0.717, 1.165) is 27.1 Å². The summed E-state index contributed by atoms with van der Waals surface area (Å²) in [4.78, 5) is 13.0. The first-order valence-corrected chi connectivity index (χ1v) is 11.6. The number of hydrogen-bond acceptors (Lipinski definition) is 3. The van der Waals surface area contributed by atoms with Gasteiger partial charge in [0, 0.05) is 5.56 Å². The van der Waals surface area contributed by atoms with Gasteiger partial charge in [-0.05, 0) is 62.6 Å². The molecular formula is C28H24F5N3O2. The number of nitrogens with zero attached hydrogens (tertiary/aromatic N) is 2. The second kappa shape index (κ2) is 10.6. The summed E-state index contributed by atoms with van der Waals surface area (Å²) >= 11 is 0. The lowest BCUT2D eigenvalue weighted by atomic mass is 10.1. The van der Waals surface area contributed by atoms with Gasteiger partial charge in [-0.2, -0.15) is 5.10 Å². The Kier molecular flexibility index (Phi) is 7.52. The maximum absolute atomic E-state index is 14.2. The Morgan fingerprint density at radius 2 is 1.55 bits per heavy atom. The van der Waals surface area contributed by atoms with Crippen LogP contribution in [0.15, 0.2) is 42.5 Å². The van der Waals surface area contributed by atoms with Crippen molar-refractivity contribution in [2.24, 2.45) is 0 Å². The number of hydrogen-bond donors (Lipinski definition) is 1. The highest BCUT2D eigenvalue weighted by Crippen LogP contribution is 2.27. The molecule has 3 aromatic carbocycles. The van der Waals surface area contributed by atoms with E-state index in [-0.39, 0.29) is 18.0 Å². The van der Waals surface area contributed by atoms with E-state index in [2.05, 4.69) is 10.4 Å². The fourth-order valence-corrected chi connectivity index (χ4v) is 3.98. The maximum atomic E-state index is 14.2. The largest absolute Gasteiger partial charge is 0.489 e. The molecule has 0 aliphatic heterocycles. The summed E-state index contributed by atoms with van der Waals surface area (Å²) in [5.41, 5.74) is 2.94. The Balaban J connectivity index is 1.52. The maximum Gasteiger partial charge on any atom is 0.255 e. The molecule has 1 amide bonds. The molecule has 0 unspecified atom stereocenters. The number of carbonyl (C=O) groups is 1. The Morgan fingerprint density at radius 3 is 2.24 bits per heavy atom. The fraction of sp³-hybridized carbons (Fsp3) is 0.214. The number of rotatable bonds is 7. The van der Waals surface area contributed by atoms with Gasteiger partial charge in [0.25, 0.3) is 5.91 Å². The molecule has 1 aromatic heterocycles.